The lowest BCUT2D eigenvalue weighted by Gasteiger charge is -2.17. The molecule has 0 radical (unpaired) electrons. The van der Waals surface area contributed by atoms with Crippen LogP contribution in [-0.2, 0) is 4.74 Å². The molecule has 0 aliphatic heterocycles. The standard InChI is InChI=1S/C12H17BrN2O3/c1-17-8-9(5-6-13)15-11(16)10-4-3-7-14-12(10)18-2/h3-4,7,9H,5-6,8H2,1-2H3,(H,15,16). The molecule has 1 atom stereocenters. The third-order valence-electron chi connectivity index (χ3n) is 2.37. The Kier molecular flexibility index (Phi) is 6.67. The van der Waals surface area contributed by atoms with E-state index in [0.29, 0.717) is 18.1 Å². The zero-order valence-electron chi connectivity index (χ0n) is 10.5. The molecule has 1 aromatic rings. The summed E-state index contributed by atoms with van der Waals surface area (Å²) in [6.07, 6.45) is 2.38. The van der Waals surface area contributed by atoms with Gasteiger partial charge in [0.15, 0.2) is 0 Å². The van der Waals surface area contributed by atoms with Gasteiger partial charge in [-0.15, -0.1) is 0 Å². The van der Waals surface area contributed by atoms with Crippen molar-refractivity contribution in [1.82, 2.24) is 10.3 Å². The maximum absolute atomic E-state index is 12.1. The topological polar surface area (TPSA) is 60.5 Å². The van der Waals surface area contributed by atoms with Crippen molar-refractivity contribution < 1.29 is 14.3 Å². The largest absolute Gasteiger partial charge is 0.480 e. The summed E-state index contributed by atoms with van der Waals surface area (Å²) in [5.74, 6) is 0.118. The first-order valence-electron chi connectivity index (χ1n) is 5.57. The van der Waals surface area contributed by atoms with Gasteiger partial charge in [-0.05, 0) is 18.6 Å². The van der Waals surface area contributed by atoms with E-state index in [1.54, 1.807) is 25.4 Å². The first-order chi connectivity index (χ1) is 8.72. The first-order valence-corrected chi connectivity index (χ1v) is 6.69. The van der Waals surface area contributed by atoms with Crippen LogP contribution in [0.3, 0.4) is 0 Å². The summed E-state index contributed by atoms with van der Waals surface area (Å²) in [5, 5.41) is 3.69. The summed E-state index contributed by atoms with van der Waals surface area (Å²) in [4.78, 5) is 16.1. The van der Waals surface area contributed by atoms with Crippen LogP contribution in [-0.4, -0.2) is 43.1 Å². The molecule has 0 bridgehead atoms. The van der Waals surface area contributed by atoms with Gasteiger partial charge in [-0.1, -0.05) is 15.9 Å². The maximum atomic E-state index is 12.1. The molecule has 0 saturated carbocycles. The highest BCUT2D eigenvalue weighted by molar-refractivity contribution is 9.09. The van der Waals surface area contributed by atoms with Gasteiger partial charge in [0.25, 0.3) is 5.91 Å². The first kappa shape index (κ1) is 14.9. The SMILES string of the molecule is COCC(CCBr)NC(=O)c1cccnc1OC. The molecule has 1 rings (SSSR count). The van der Waals surface area contributed by atoms with E-state index in [9.17, 15) is 4.79 Å². The van der Waals surface area contributed by atoms with Crippen LogP contribution in [0.5, 0.6) is 5.88 Å². The Labute approximate surface area is 115 Å². The summed E-state index contributed by atoms with van der Waals surface area (Å²) >= 11 is 3.35. The summed E-state index contributed by atoms with van der Waals surface area (Å²) < 4.78 is 10.1. The fourth-order valence-corrected chi connectivity index (χ4v) is 2.07. The molecule has 6 heteroatoms. The number of amides is 1. The number of hydrogen-bond acceptors (Lipinski definition) is 4. The van der Waals surface area contributed by atoms with Gasteiger partial charge in [0.2, 0.25) is 5.88 Å². The molecule has 1 unspecified atom stereocenters. The van der Waals surface area contributed by atoms with Gasteiger partial charge in [-0.3, -0.25) is 4.79 Å². The number of ether oxygens (including phenoxy) is 2. The van der Waals surface area contributed by atoms with Gasteiger partial charge in [-0.25, -0.2) is 4.98 Å². The van der Waals surface area contributed by atoms with Gasteiger partial charge in [-0.2, -0.15) is 0 Å². The van der Waals surface area contributed by atoms with Gasteiger partial charge in [0.05, 0.1) is 19.8 Å². The summed E-state index contributed by atoms with van der Waals surface area (Å²) in [5.41, 5.74) is 0.427. The Hall–Kier alpha value is -1.14. The highest BCUT2D eigenvalue weighted by Gasteiger charge is 2.17. The second-order valence-corrected chi connectivity index (χ2v) is 4.46. The minimum Gasteiger partial charge on any atom is -0.480 e. The monoisotopic (exact) mass is 316 g/mol. The quantitative estimate of drug-likeness (QED) is 0.777. The van der Waals surface area contributed by atoms with Crippen LogP contribution in [0.4, 0.5) is 0 Å². The van der Waals surface area contributed by atoms with E-state index in [-0.39, 0.29) is 11.9 Å². The number of aromatic nitrogens is 1. The van der Waals surface area contributed by atoms with Crippen molar-refractivity contribution in [1.29, 1.82) is 0 Å². The fourth-order valence-electron chi connectivity index (χ4n) is 1.52. The number of rotatable bonds is 7. The molecule has 1 amide bonds. The van der Waals surface area contributed by atoms with Gasteiger partial charge in [0.1, 0.15) is 5.56 Å². The highest BCUT2D eigenvalue weighted by Crippen LogP contribution is 2.13. The number of halogens is 1. The number of hydrogen-bond donors (Lipinski definition) is 1. The lowest BCUT2D eigenvalue weighted by Crippen LogP contribution is -2.38. The average Bonchev–Trinajstić information content (AvgIpc) is 2.39. The van der Waals surface area contributed by atoms with Crippen LogP contribution in [0.1, 0.15) is 16.8 Å². The third kappa shape index (κ3) is 4.27. The van der Waals surface area contributed by atoms with Crippen molar-refractivity contribution in [2.45, 2.75) is 12.5 Å². The second kappa shape index (κ2) is 8.05. The predicted molar refractivity (Wildman–Crippen MR) is 72.3 cm³/mol. The highest BCUT2D eigenvalue weighted by atomic mass is 79.9. The van der Waals surface area contributed by atoms with Gasteiger partial charge < -0.3 is 14.8 Å². The molecule has 0 fully saturated rings. The molecule has 0 aliphatic rings. The fraction of sp³-hybridized carbons (Fsp3) is 0.500. The molecule has 1 aromatic heterocycles. The van der Waals surface area contributed by atoms with Crippen LogP contribution < -0.4 is 10.1 Å². The van der Waals surface area contributed by atoms with Crippen LogP contribution in [0.15, 0.2) is 18.3 Å². The minimum absolute atomic E-state index is 0.0354. The lowest BCUT2D eigenvalue weighted by atomic mass is 10.2. The van der Waals surface area contributed by atoms with E-state index >= 15 is 0 Å². The Balaban J connectivity index is 2.73. The Morgan fingerprint density at radius 1 is 1.56 bits per heavy atom. The van der Waals surface area contributed by atoms with Crippen molar-refractivity contribution in [2.24, 2.45) is 0 Å². The van der Waals surface area contributed by atoms with E-state index < -0.39 is 0 Å². The van der Waals surface area contributed by atoms with E-state index in [1.807, 2.05) is 0 Å². The normalized spacial score (nSPS) is 11.9. The third-order valence-corrected chi connectivity index (χ3v) is 2.83. The maximum Gasteiger partial charge on any atom is 0.257 e. The predicted octanol–water partition coefficient (Wildman–Crippen LogP) is 1.62. The number of nitrogens with zero attached hydrogens (tertiary/aromatic N) is 1. The molecule has 0 aromatic carbocycles. The van der Waals surface area contributed by atoms with E-state index in [0.717, 1.165) is 11.8 Å². The number of methoxy groups -OCH3 is 2. The van der Waals surface area contributed by atoms with E-state index in [1.165, 1.54) is 7.11 Å². The zero-order chi connectivity index (χ0) is 13.4. The number of carbonyl (C=O) groups is 1. The van der Waals surface area contributed by atoms with Crippen molar-refractivity contribution in [3.63, 3.8) is 0 Å². The molecule has 18 heavy (non-hydrogen) atoms. The zero-order valence-corrected chi connectivity index (χ0v) is 12.1. The van der Waals surface area contributed by atoms with Gasteiger partial charge >= 0.3 is 0 Å². The van der Waals surface area contributed by atoms with E-state index in [2.05, 4.69) is 26.2 Å². The smallest absolute Gasteiger partial charge is 0.257 e. The molecule has 1 heterocycles. The summed E-state index contributed by atoms with van der Waals surface area (Å²) in [6.45, 7) is 0.472. The molecule has 100 valence electrons. The lowest BCUT2D eigenvalue weighted by molar-refractivity contribution is 0.0891. The number of pyridine rings is 1. The molecular formula is C12H17BrN2O3. The molecule has 0 saturated heterocycles. The van der Waals surface area contributed by atoms with Gasteiger partial charge in [0, 0.05) is 18.6 Å². The van der Waals surface area contributed by atoms with Crippen LogP contribution in [0, 0.1) is 0 Å². The van der Waals surface area contributed by atoms with Crippen LogP contribution in [0.2, 0.25) is 0 Å². The van der Waals surface area contributed by atoms with Crippen LogP contribution in [0.25, 0.3) is 0 Å². The van der Waals surface area contributed by atoms with Crippen molar-refractivity contribution >= 4 is 21.8 Å². The Morgan fingerprint density at radius 3 is 2.94 bits per heavy atom. The average molecular weight is 317 g/mol. The summed E-state index contributed by atoms with van der Waals surface area (Å²) in [7, 11) is 3.10. The number of carbonyl (C=O) groups excluding carboxylic acids is 1. The van der Waals surface area contributed by atoms with Crippen molar-refractivity contribution in [3.8, 4) is 5.88 Å². The molecule has 0 spiro atoms. The minimum atomic E-state index is -0.206. The second-order valence-electron chi connectivity index (χ2n) is 3.66. The Bertz CT molecular complexity index is 381. The molecular weight excluding hydrogens is 300 g/mol. The molecule has 0 aliphatic carbocycles. The number of nitrogens with one attached hydrogen (secondary N) is 1. The Morgan fingerprint density at radius 2 is 2.33 bits per heavy atom. The number of alkyl halides is 1. The van der Waals surface area contributed by atoms with E-state index in [4.69, 9.17) is 9.47 Å². The van der Waals surface area contributed by atoms with Crippen LogP contribution >= 0.6 is 15.9 Å². The molecule has 5 nitrogen and oxygen atoms in total. The van der Waals surface area contributed by atoms with Crippen molar-refractivity contribution in [2.75, 3.05) is 26.2 Å². The van der Waals surface area contributed by atoms with Crippen molar-refractivity contribution in [3.05, 3.63) is 23.9 Å². The molecule has 1 N–H and O–H groups in total. The summed E-state index contributed by atoms with van der Waals surface area (Å²) in [6, 6.07) is 3.35.